The number of methoxy groups -OCH3 is 1. The molecule has 2 N–H and O–H groups in total. The molecule has 0 aliphatic heterocycles. The van der Waals surface area contributed by atoms with Crippen molar-refractivity contribution in [2.24, 2.45) is 11.1 Å². The highest BCUT2D eigenvalue weighted by atomic mass is 19.1. The standard InChI is InChI=1S/C16H24FNO3/c1-5-13(18)7-11-6-12(17)9-14(8-11)21-10-16(2,3)15(19)20-4/h6,8-9,13H,5,7,10,18H2,1-4H3. The topological polar surface area (TPSA) is 61.5 Å². The molecule has 1 aromatic rings. The molecule has 4 nitrogen and oxygen atoms in total. The van der Waals surface area contributed by atoms with E-state index in [0.717, 1.165) is 12.0 Å². The number of halogens is 1. The maximum atomic E-state index is 13.6. The number of benzene rings is 1. The van der Waals surface area contributed by atoms with Gasteiger partial charge in [-0.05, 0) is 44.4 Å². The first-order valence-corrected chi connectivity index (χ1v) is 7.04. The van der Waals surface area contributed by atoms with Gasteiger partial charge in [0.15, 0.2) is 0 Å². The first-order valence-electron chi connectivity index (χ1n) is 7.04. The number of esters is 1. The number of rotatable bonds is 7. The summed E-state index contributed by atoms with van der Waals surface area (Å²) >= 11 is 0. The zero-order chi connectivity index (χ0) is 16.0. The van der Waals surface area contributed by atoms with Gasteiger partial charge in [-0.25, -0.2) is 4.39 Å². The largest absolute Gasteiger partial charge is 0.492 e. The average Bonchev–Trinajstić information content (AvgIpc) is 2.43. The van der Waals surface area contributed by atoms with E-state index in [0.29, 0.717) is 12.2 Å². The van der Waals surface area contributed by atoms with Crippen molar-refractivity contribution in [3.05, 3.63) is 29.6 Å². The number of carbonyl (C=O) groups excluding carboxylic acids is 1. The van der Waals surface area contributed by atoms with Gasteiger partial charge in [-0.1, -0.05) is 6.92 Å². The van der Waals surface area contributed by atoms with Crippen molar-refractivity contribution in [3.63, 3.8) is 0 Å². The van der Waals surface area contributed by atoms with E-state index >= 15 is 0 Å². The van der Waals surface area contributed by atoms with Gasteiger partial charge in [0.2, 0.25) is 0 Å². The summed E-state index contributed by atoms with van der Waals surface area (Å²) in [5.41, 5.74) is 5.88. The Morgan fingerprint density at radius 3 is 2.62 bits per heavy atom. The van der Waals surface area contributed by atoms with E-state index < -0.39 is 5.41 Å². The van der Waals surface area contributed by atoms with Crippen LogP contribution in [0.2, 0.25) is 0 Å². The molecule has 0 fully saturated rings. The lowest BCUT2D eigenvalue weighted by molar-refractivity contribution is -0.152. The van der Waals surface area contributed by atoms with Crippen LogP contribution in [-0.2, 0) is 16.0 Å². The third-order valence-corrected chi connectivity index (χ3v) is 3.29. The Balaban J connectivity index is 2.77. The Kier molecular flexibility index (Phi) is 6.15. The number of hydrogen-bond donors (Lipinski definition) is 1. The van der Waals surface area contributed by atoms with E-state index in [1.54, 1.807) is 19.9 Å². The van der Waals surface area contributed by atoms with Crippen LogP contribution in [0.1, 0.15) is 32.8 Å². The van der Waals surface area contributed by atoms with Crippen molar-refractivity contribution in [3.8, 4) is 5.75 Å². The normalized spacial score (nSPS) is 12.9. The molecule has 1 rings (SSSR count). The van der Waals surface area contributed by atoms with E-state index in [9.17, 15) is 9.18 Å². The predicted octanol–water partition coefficient (Wildman–Crippen LogP) is 2.68. The Hall–Kier alpha value is -1.62. The Morgan fingerprint density at radius 2 is 2.05 bits per heavy atom. The molecule has 0 amide bonds. The number of carbonyl (C=O) groups is 1. The van der Waals surface area contributed by atoms with E-state index in [1.165, 1.54) is 19.2 Å². The summed E-state index contributed by atoms with van der Waals surface area (Å²) in [6.07, 6.45) is 1.41. The minimum atomic E-state index is -0.791. The summed E-state index contributed by atoms with van der Waals surface area (Å²) in [4.78, 5) is 11.6. The molecule has 118 valence electrons. The van der Waals surface area contributed by atoms with Gasteiger partial charge < -0.3 is 15.2 Å². The van der Waals surface area contributed by atoms with E-state index in [1.807, 2.05) is 6.92 Å². The van der Waals surface area contributed by atoms with Crippen molar-refractivity contribution in [1.82, 2.24) is 0 Å². The molecule has 0 spiro atoms. The Labute approximate surface area is 125 Å². The molecule has 0 aliphatic rings. The van der Waals surface area contributed by atoms with Crippen LogP contribution in [0.25, 0.3) is 0 Å². The van der Waals surface area contributed by atoms with Crippen LogP contribution in [0.5, 0.6) is 5.75 Å². The molecule has 0 saturated carbocycles. The first-order chi connectivity index (χ1) is 9.78. The van der Waals surface area contributed by atoms with Crippen LogP contribution in [0, 0.1) is 11.2 Å². The molecular weight excluding hydrogens is 273 g/mol. The van der Waals surface area contributed by atoms with Crippen molar-refractivity contribution in [2.45, 2.75) is 39.7 Å². The zero-order valence-electron chi connectivity index (χ0n) is 13.1. The number of hydrogen-bond acceptors (Lipinski definition) is 4. The second-order valence-corrected chi connectivity index (χ2v) is 5.83. The summed E-state index contributed by atoms with van der Waals surface area (Å²) in [6.45, 7) is 5.53. The van der Waals surface area contributed by atoms with Crippen molar-refractivity contribution in [2.75, 3.05) is 13.7 Å². The molecule has 0 radical (unpaired) electrons. The molecule has 5 heteroatoms. The first kappa shape index (κ1) is 17.4. The summed E-state index contributed by atoms with van der Waals surface area (Å²) in [5.74, 6) is -0.348. The van der Waals surface area contributed by atoms with Crippen LogP contribution in [0.4, 0.5) is 4.39 Å². The average molecular weight is 297 g/mol. The Morgan fingerprint density at radius 1 is 1.38 bits per heavy atom. The van der Waals surface area contributed by atoms with Gasteiger partial charge in [0, 0.05) is 12.1 Å². The maximum Gasteiger partial charge on any atom is 0.314 e. The lowest BCUT2D eigenvalue weighted by Gasteiger charge is -2.22. The highest BCUT2D eigenvalue weighted by molar-refractivity contribution is 5.75. The lowest BCUT2D eigenvalue weighted by Crippen LogP contribution is -2.32. The van der Waals surface area contributed by atoms with Crippen LogP contribution in [0.15, 0.2) is 18.2 Å². The van der Waals surface area contributed by atoms with Gasteiger partial charge in [0.25, 0.3) is 0 Å². The number of ether oxygens (including phenoxy) is 2. The highest BCUT2D eigenvalue weighted by Gasteiger charge is 2.29. The summed E-state index contributed by atoms with van der Waals surface area (Å²) in [7, 11) is 1.33. The fourth-order valence-electron chi connectivity index (χ4n) is 1.87. The van der Waals surface area contributed by atoms with Crippen molar-refractivity contribution in [1.29, 1.82) is 0 Å². The smallest absolute Gasteiger partial charge is 0.314 e. The van der Waals surface area contributed by atoms with Crippen molar-refractivity contribution < 1.29 is 18.7 Å². The van der Waals surface area contributed by atoms with E-state index in [2.05, 4.69) is 0 Å². The molecule has 0 aliphatic carbocycles. The van der Waals surface area contributed by atoms with Gasteiger partial charge in [-0.3, -0.25) is 4.79 Å². The molecule has 1 atom stereocenters. The molecule has 0 heterocycles. The fraction of sp³-hybridized carbons (Fsp3) is 0.562. The fourth-order valence-corrected chi connectivity index (χ4v) is 1.87. The van der Waals surface area contributed by atoms with Crippen LogP contribution in [0.3, 0.4) is 0 Å². The minimum absolute atomic E-state index is 0.00819. The van der Waals surface area contributed by atoms with E-state index in [4.69, 9.17) is 15.2 Å². The van der Waals surface area contributed by atoms with Gasteiger partial charge in [-0.15, -0.1) is 0 Å². The molecule has 1 unspecified atom stereocenters. The quantitative estimate of drug-likeness (QED) is 0.786. The monoisotopic (exact) mass is 297 g/mol. The van der Waals surface area contributed by atoms with E-state index in [-0.39, 0.29) is 24.4 Å². The van der Waals surface area contributed by atoms with Crippen LogP contribution < -0.4 is 10.5 Å². The predicted molar refractivity (Wildman–Crippen MR) is 79.7 cm³/mol. The highest BCUT2D eigenvalue weighted by Crippen LogP contribution is 2.22. The zero-order valence-corrected chi connectivity index (χ0v) is 13.1. The van der Waals surface area contributed by atoms with Gasteiger partial charge in [-0.2, -0.15) is 0 Å². The van der Waals surface area contributed by atoms with Gasteiger partial charge in [0.05, 0.1) is 12.5 Å². The SMILES string of the molecule is CCC(N)Cc1cc(F)cc(OCC(C)(C)C(=O)OC)c1. The molecule has 0 saturated heterocycles. The number of nitrogens with two attached hydrogens (primary N) is 1. The molecule has 21 heavy (non-hydrogen) atoms. The third kappa shape index (κ3) is 5.34. The molecule has 1 aromatic carbocycles. The molecule has 0 bridgehead atoms. The van der Waals surface area contributed by atoms with Crippen molar-refractivity contribution >= 4 is 5.97 Å². The van der Waals surface area contributed by atoms with Gasteiger partial charge in [0.1, 0.15) is 18.2 Å². The molecular formula is C16H24FNO3. The second kappa shape index (κ2) is 7.41. The third-order valence-electron chi connectivity index (χ3n) is 3.29. The maximum absolute atomic E-state index is 13.6. The summed E-state index contributed by atoms with van der Waals surface area (Å²) in [5, 5.41) is 0. The van der Waals surface area contributed by atoms with Gasteiger partial charge >= 0.3 is 5.97 Å². The molecule has 0 aromatic heterocycles. The van der Waals surface area contributed by atoms with Crippen LogP contribution in [-0.4, -0.2) is 25.7 Å². The second-order valence-electron chi connectivity index (χ2n) is 5.83. The minimum Gasteiger partial charge on any atom is -0.492 e. The van der Waals surface area contributed by atoms with Crippen LogP contribution >= 0.6 is 0 Å². The summed E-state index contributed by atoms with van der Waals surface area (Å²) in [6, 6.07) is 4.50. The Bertz CT molecular complexity index is 488. The lowest BCUT2D eigenvalue weighted by atomic mass is 9.95. The summed E-state index contributed by atoms with van der Waals surface area (Å²) < 4.78 is 23.9.